The highest BCUT2D eigenvalue weighted by molar-refractivity contribution is 7.89. The molecule has 0 radical (unpaired) electrons. The topological polar surface area (TPSA) is 58.2 Å². The van der Waals surface area contributed by atoms with Gasteiger partial charge in [0.25, 0.3) is 0 Å². The largest absolute Gasteiger partial charge is 0.314 e. The standard InChI is InChI=1S/C12H24N2O2S/c15-17(16,14-9-6-11-4-5-11)10-7-12-3-1-2-8-13-12/h11-14H,1-10H2. The first-order chi connectivity index (χ1) is 8.16. The first-order valence-corrected chi connectivity index (χ1v) is 8.52. The number of hydrogen-bond acceptors (Lipinski definition) is 3. The lowest BCUT2D eigenvalue weighted by atomic mass is 10.0. The zero-order valence-electron chi connectivity index (χ0n) is 10.5. The molecule has 17 heavy (non-hydrogen) atoms. The van der Waals surface area contributed by atoms with E-state index in [0.717, 1.165) is 31.7 Å². The molecule has 4 nitrogen and oxygen atoms in total. The van der Waals surface area contributed by atoms with Gasteiger partial charge in [-0.3, -0.25) is 0 Å². The van der Waals surface area contributed by atoms with Crippen LogP contribution in [-0.2, 0) is 10.0 Å². The minimum absolute atomic E-state index is 0.273. The molecule has 100 valence electrons. The van der Waals surface area contributed by atoms with Crippen LogP contribution in [0.4, 0.5) is 0 Å². The monoisotopic (exact) mass is 260 g/mol. The summed E-state index contributed by atoms with van der Waals surface area (Å²) in [6.45, 7) is 1.67. The summed E-state index contributed by atoms with van der Waals surface area (Å²) in [5, 5.41) is 3.38. The molecule has 1 heterocycles. The van der Waals surface area contributed by atoms with E-state index in [1.54, 1.807) is 0 Å². The smallest absolute Gasteiger partial charge is 0.211 e. The number of hydrogen-bond donors (Lipinski definition) is 2. The van der Waals surface area contributed by atoms with Crippen molar-refractivity contribution in [2.45, 2.75) is 51.0 Å². The van der Waals surface area contributed by atoms with Gasteiger partial charge in [0.1, 0.15) is 0 Å². The third-order valence-electron chi connectivity index (χ3n) is 3.72. The van der Waals surface area contributed by atoms with Crippen LogP contribution in [0, 0.1) is 5.92 Å². The molecule has 1 aliphatic carbocycles. The van der Waals surface area contributed by atoms with E-state index in [2.05, 4.69) is 10.0 Å². The van der Waals surface area contributed by atoms with Crippen molar-refractivity contribution in [1.29, 1.82) is 0 Å². The van der Waals surface area contributed by atoms with Crippen LogP contribution < -0.4 is 10.0 Å². The van der Waals surface area contributed by atoms with Crippen LogP contribution in [0.25, 0.3) is 0 Å². The Balaban J connectivity index is 1.61. The van der Waals surface area contributed by atoms with E-state index in [4.69, 9.17) is 0 Å². The third-order valence-corrected chi connectivity index (χ3v) is 5.14. The van der Waals surface area contributed by atoms with E-state index < -0.39 is 10.0 Å². The number of rotatable bonds is 7. The van der Waals surface area contributed by atoms with Crippen molar-refractivity contribution in [2.24, 2.45) is 5.92 Å². The highest BCUT2D eigenvalue weighted by Crippen LogP contribution is 2.31. The second-order valence-electron chi connectivity index (χ2n) is 5.38. The maximum Gasteiger partial charge on any atom is 0.211 e. The quantitative estimate of drug-likeness (QED) is 0.724. The summed E-state index contributed by atoms with van der Waals surface area (Å²) in [5.74, 6) is 1.06. The lowest BCUT2D eigenvalue weighted by Gasteiger charge is -2.23. The molecule has 1 saturated carbocycles. The second-order valence-corrected chi connectivity index (χ2v) is 7.31. The van der Waals surface area contributed by atoms with Crippen molar-refractivity contribution < 1.29 is 8.42 Å². The molecule has 1 saturated heterocycles. The van der Waals surface area contributed by atoms with Crippen molar-refractivity contribution in [2.75, 3.05) is 18.8 Å². The van der Waals surface area contributed by atoms with Gasteiger partial charge in [-0.15, -0.1) is 0 Å². The zero-order valence-corrected chi connectivity index (χ0v) is 11.3. The van der Waals surface area contributed by atoms with Crippen molar-refractivity contribution in [1.82, 2.24) is 10.0 Å². The molecule has 0 aromatic carbocycles. The van der Waals surface area contributed by atoms with Gasteiger partial charge in [0.2, 0.25) is 10.0 Å². The molecule has 1 atom stereocenters. The van der Waals surface area contributed by atoms with Crippen LogP contribution in [0.1, 0.15) is 44.9 Å². The molecule has 5 heteroatoms. The Bertz CT molecular complexity index is 319. The Kier molecular flexibility index (Phi) is 4.82. The van der Waals surface area contributed by atoms with Gasteiger partial charge in [0.05, 0.1) is 5.75 Å². The predicted molar refractivity (Wildman–Crippen MR) is 69.4 cm³/mol. The van der Waals surface area contributed by atoms with E-state index in [1.165, 1.54) is 25.7 Å². The fourth-order valence-corrected chi connectivity index (χ4v) is 3.53. The lowest BCUT2D eigenvalue weighted by Crippen LogP contribution is -2.37. The summed E-state index contributed by atoms with van der Waals surface area (Å²) in [7, 11) is -3.04. The van der Waals surface area contributed by atoms with Crippen molar-refractivity contribution in [3.05, 3.63) is 0 Å². The van der Waals surface area contributed by atoms with Crippen LogP contribution in [-0.4, -0.2) is 33.3 Å². The molecule has 2 fully saturated rings. The summed E-state index contributed by atoms with van der Waals surface area (Å²) in [5.41, 5.74) is 0. The Labute approximate surface area is 105 Å². The SMILES string of the molecule is O=S(=O)(CCC1CCCCN1)NCCC1CC1. The molecular formula is C12H24N2O2S. The van der Waals surface area contributed by atoms with Crippen LogP contribution >= 0.6 is 0 Å². The van der Waals surface area contributed by atoms with Crippen LogP contribution in [0.5, 0.6) is 0 Å². The Hall–Kier alpha value is -0.130. The van der Waals surface area contributed by atoms with Gasteiger partial charge in [0.15, 0.2) is 0 Å². The predicted octanol–water partition coefficient (Wildman–Crippen LogP) is 1.24. The van der Waals surface area contributed by atoms with Gasteiger partial charge < -0.3 is 5.32 Å². The van der Waals surface area contributed by atoms with Gasteiger partial charge in [-0.2, -0.15) is 0 Å². The average Bonchev–Trinajstić information content (AvgIpc) is 3.12. The normalized spacial score (nSPS) is 26.0. The molecule has 0 aromatic rings. The second kappa shape index (κ2) is 6.16. The maximum absolute atomic E-state index is 11.7. The highest BCUT2D eigenvalue weighted by Gasteiger charge is 2.22. The van der Waals surface area contributed by atoms with Gasteiger partial charge in [0, 0.05) is 12.6 Å². The molecule has 0 amide bonds. The van der Waals surface area contributed by atoms with Gasteiger partial charge >= 0.3 is 0 Å². The minimum atomic E-state index is -3.04. The van der Waals surface area contributed by atoms with Crippen molar-refractivity contribution in [3.63, 3.8) is 0 Å². The van der Waals surface area contributed by atoms with Gasteiger partial charge in [-0.25, -0.2) is 13.1 Å². The summed E-state index contributed by atoms with van der Waals surface area (Å²) in [4.78, 5) is 0. The number of sulfonamides is 1. The molecule has 0 aromatic heterocycles. The summed E-state index contributed by atoms with van der Waals surface area (Å²) >= 11 is 0. The molecule has 0 spiro atoms. The summed E-state index contributed by atoms with van der Waals surface area (Å²) in [6, 6.07) is 0.406. The molecule has 2 N–H and O–H groups in total. The Morgan fingerprint density at radius 3 is 2.59 bits per heavy atom. The third kappa shape index (κ3) is 5.36. The Morgan fingerprint density at radius 2 is 1.94 bits per heavy atom. The van der Waals surface area contributed by atoms with E-state index in [9.17, 15) is 8.42 Å². The van der Waals surface area contributed by atoms with Gasteiger partial charge in [-0.05, 0) is 38.1 Å². The van der Waals surface area contributed by atoms with E-state index in [-0.39, 0.29) is 5.75 Å². The van der Waals surface area contributed by atoms with E-state index in [0.29, 0.717) is 12.6 Å². The molecule has 1 unspecified atom stereocenters. The van der Waals surface area contributed by atoms with Crippen molar-refractivity contribution in [3.8, 4) is 0 Å². The van der Waals surface area contributed by atoms with E-state index >= 15 is 0 Å². The fraction of sp³-hybridized carbons (Fsp3) is 1.00. The van der Waals surface area contributed by atoms with Gasteiger partial charge in [-0.1, -0.05) is 19.3 Å². The van der Waals surface area contributed by atoms with Crippen LogP contribution in [0.2, 0.25) is 0 Å². The molecule has 1 aliphatic heterocycles. The highest BCUT2D eigenvalue weighted by atomic mass is 32.2. The molecule has 2 rings (SSSR count). The number of piperidine rings is 1. The molecular weight excluding hydrogens is 236 g/mol. The summed E-state index contributed by atoms with van der Waals surface area (Å²) < 4.78 is 26.2. The first kappa shape index (κ1) is 13.3. The number of nitrogens with one attached hydrogen (secondary N) is 2. The minimum Gasteiger partial charge on any atom is -0.314 e. The molecule has 0 bridgehead atoms. The first-order valence-electron chi connectivity index (χ1n) is 6.86. The Morgan fingerprint density at radius 1 is 1.12 bits per heavy atom. The summed E-state index contributed by atoms with van der Waals surface area (Å²) in [6.07, 6.45) is 7.91. The average molecular weight is 260 g/mol. The van der Waals surface area contributed by atoms with E-state index in [1.807, 2.05) is 0 Å². The lowest BCUT2D eigenvalue weighted by molar-refractivity contribution is 0.392. The fourth-order valence-electron chi connectivity index (χ4n) is 2.37. The maximum atomic E-state index is 11.7. The van der Waals surface area contributed by atoms with Crippen LogP contribution in [0.3, 0.4) is 0 Å². The zero-order chi connectivity index (χ0) is 12.1. The molecule has 2 aliphatic rings. The van der Waals surface area contributed by atoms with Crippen LogP contribution in [0.15, 0.2) is 0 Å². The van der Waals surface area contributed by atoms with Crippen molar-refractivity contribution >= 4 is 10.0 Å².